The number of para-hydroxylation sites is 1. The molecule has 0 aliphatic rings. The first kappa shape index (κ1) is 74.4. The van der Waals surface area contributed by atoms with Crippen LogP contribution >= 0.6 is 22.7 Å². The van der Waals surface area contributed by atoms with Gasteiger partial charge in [0.15, 0.2) is 0 Å². The molecule has 24 aromatic carbocycles. The largest absolute Gasteiger partial charge is 0.456 e. The second-order valence-corrected chi connectivity index (χ2v) is 37.1. The maximum Gasteiger partial charge on any atom is 0.136 e. The standard InChI is InChI=1S/C42H24O2.2C42H24OS/c1-2-10-26-24-40-36(21-25(26)9-1)35-23-28(18-20-39(35)44-40)42-32-14-5-3-12-30(32)41(31-13-4-6-15-33(31)42)27-17-19-38-34(22-27)29-11-7-8-16-37(29)43-38;1-2-11-26-24-38-36(22-25(26)10-1)35-23-27(20-21-37(35)43-38)40-29-13-3-5-15-31(29)41(32-16-6-4-14-30(32)40)34-18-9-17-33-28-12-7-8-19-39(28)44-42(33)34;1-2-10-26-24-38-35(21-25(26)9-1)34-22-27(17-19-37(34)43-38)41-30-12-3-5-14-32(30)42(33-15-6-4-13-31(33)41)28-18-20-40-36(23-28)29-11-7-8-16-39(29)44-40/h3*1-24H. The lowest BCUT2D eigenvalue weighted by atomic mass is 9.85. The van der Waals surface area contributed by atoms with Crippen molar-refractivity contribution in [3.63, 3.8) is 0 Å². The topological polar surface area (TPSA) is 52.6 Å². The minimum atomic E-state index is 0.907. The zero-order valence-corrected chi connectivity index (χ0v) is 72.7. The summed E-state index contributed by atoms with van der Waals surface area (Å²) in [5, 5.41) is 36.8. The van der Waals surface area contributed by atoms with Crippen LogP contribution in [0.1, 0.15) is 0 Å². The van der Waals surface area contributed by atoms with E-state index in [9.17, 15) is 0 Å². The Kier molecular flexibility index (Phi) is 16.6. The van der Waals surface area contributed by atoms with Crippen molar-refractivity contribution in [3.8, 4) is 66.8 Å². The Morgan fingerprint density at radius 3 is 0.727 bits per heavy atom. The summed E-state index contributed by atoms with van der Waals surface area (Å²) in [5.41, 5.74) is 22.3. The van der Waals surface area contributed by atoms with Crippen molar-refractivity contribution < 1.29 is 17.7 Å². The molecular formula is C126H72O4S2. The van der Waals surface area contributed by atoms with Crippen molar-refractivity contribution in [2.24, 2.45) is 0 Å². The molecule has 0 atom stereocenters. The third-order valence-electron chi connectivity index (χ3n) is 27.7. The van der Waals surface area contributed by atoms with Gasteiger partial charge in [0.25, 0.3) is 0 Å². The number of furan rings is 4. The molecule has 0 amide bonds. The van der Waals surface area contributed by atoms with Gasteiger partial charge in [-0.15, -0.1) is 22.7 Å². The second kappa shape index (κ2) is 29.4. The van der Waals surface area contributed by atoms with E-state index in [1.807, 2.05) is 34.8 Å². The van der Waals surface area contributed by atoms with Crippen LogP contribution in [0.3, 0.4) is 0 Å². The van der Waals surface area contributed by atoms with Gasteiger partial charge in [-0.2, -0.15) is 0 Å². The highest BCUT2D eigenvalue weighted by atomic mass is 32.1. The van der Waals surface area contributed by atoms with E-state index in [2.05, 4.69) is 425 Å². The number of hydrogen-bond donors (Lipinski definition) is 0. The molecule has 0 bridgehead atoms. The van der Waals surface area contributed by atoms with Crippen LogP contribution < -0.4 is 0 Å². The average molecular weight is 1710 g/mol. The van der Waals surface area contributed by atoms with Crippen molar-refractivity contribution in [1.82, 2.24) is 0 Å². The number of hydrogen-bond acceptors (Lipinski definition) is 6. The summed E-state index contributed by atoms with van der Waals surface area (Å²) in [6.45, 7) is 0. The van der Waals surface area contributed by atoms with Crippen molar-refractivity contribution in [2.75, 3.05) is 0 Å². The van der Waals surface area contributed by atoms with Gasteiger partial charge in [-0.25, -0.2) is 0 Å². The maximum absolute atomic E-state index is 6.37. The Balaban J connectivity index is 0.0000000991. The Morgan fingerprint density at radius 2 is 0.364 bits per heavy atom. The molecule has 6 heteroatoms. The number of fused-ring (bicyclic) bond motifs is 27. The summed E-state index contributed by atoms with van der Waals surface area (Å²) in [5.74, 6) is 0. The van der Waals surface area contributed by atoms with Gasteiger partial charge >= 0.3 is 0 Å². The van der Waals surface area contributed by atoms with Gasteiger partial charge in [0.2, 0.25) is 0 Å². The van der Waals surface area contributed by atoms with Crippen molar-refractivity contribution in [1.29, 1.82) is 0 Å². The lowest BCUT2D eigenvalue weighted by Gasteiger charge is -2.18. The molecule has 0 fully saturated rings. The molecule has 0 aliphatic heterocycles. The fourth-order valence-corrected chi connectivity index (χ4v) is 24.1. The summed E-state index contributed by atoms with van der Waals surface area (Å²) in [4.78, 5) is 0. The molecule has 0 saturated heterocycles. The van der Waals surface area contributed by atoms with E-state index < -0.39 is 0 Å². The summed E-state index contributed by atoms with van der Waals surface area (Å²) >= 11 is 3.76. The van der Waals surface area contributed by atoms with Crippen molar-refractivity contribution in [2.45, 2.75) is 0 Å². The fraction of sp³-hybridized carbons (Fsp3) is 0. The van der Waals surface area contributed by atoms with Gasteiger partial charge < -0.3 is 17.7 Å². The lowest BCUT2D eigenvalue weighted by Crippen LogP contribution is -1.91. The minimum absolute atomic E-state index is 0.907. The molecule has 0 unspecified atom stereocenters. The molecule has 612 valence electrons. The van der Waals surface area contributed by atoms with Crippen LogP contribution in [0.4, 0.5) is 0 Å². The molecule has 0 N–H and O–H groups in total. The number of thiophene rings is 2. The van der Waals surface area contributed by atoms with Crippen LogP contribution in [0.25, 0.3) is 292 Å². The predicted molar refractivity (Wildman–Crippen MR) is 564 cm³/mol. The first-order valence-corrected chi connectivity index (χ1v) is 46.7. The van der Waals surface area contributed by atoms with Crippen LogP contribution in [0, 0.1) is 0 Å². The third-order valence-corrected chi connectivity index (χ3v) is 30.0. The smallest absolute Gasteiger partial charge is 0.136 e. The van der Waals surface area contributed by atoms with Gasteiger partial charge in [0.1, 0.15) is 44.7 Å². The van der Waals surface area contributed by atoms with Crippen molar-refractivity contribution in [3.05, 3.63) is 437 Å². The fourth-order valence-electron chi connectivity index (χ4n) is 21.8. The summed E-state index contributed by atoms with van der Waals surface area (Å²) in [7, 11) is 0. The monoisotopic (exact) mass is 1710 g/mol. The molecule has 6 aromatic heterocycles. The molecule has 4 nitrogen and oxygen atoms in total. The summed E-state index contributed by atoms with van der Waals surface area (Å²) in [6, 6.07) is 158. The molecule has 0 radical (unpaired) electrons. The lowest BCUT2D eigenvalue weighted by molar-refractivity contribution is 0.668. The Morgan fingerprint density at radius 1 is 0.129 bits per heavy atom. The highest BCUT2D eigenvalue weighted by molar-refractivity contribution is 7.26. The molecule has 0 saturated carbocycles. The van der Waals surface area contributed by atoms with Crippen LogP contribution in [0.15, 0.2) is 454 Å². The van der Waals surface area contributed by atoms with Gasteiger partial charge in [0, 0.05) is 89.0 Å². The first-order chi connectivity index (χ1) is 65.4. The Bertz CT molecular complexity index is 9590. The number of benzene rings is 24. The van der Waals surface area contributed by atoms with Crippen LogP contribution in [0.5, 0.6) is 0 Å². The Hall–Kier alpha value is -16.7. The average Bonchev–Trinajstić information content (AvgIpc) is 1.21. The third kappa shape index (κ3) is 11.6. The summed E-state index contributed by atoms with van der Waals surface area (Å²) in [6.07, 6.45) is 0. The van der Waals surface area contributed by atoms with Crippen LogP contribution in [-0.4, -0.2) is 0 Å². The van der Waals surface area contributed by atoms with E-state index in [-0.39, 0.29) is 0 Å². The van der Waals surface area contributed by atoms with Gasteiger partial charge in [-0.3, -0.25) is 0 Å². The molecule has 30 rings (SSSR count). The molecule has 30 aromatic rings. The molecule has 132 heavy (non-hydrogen) atoms. The van der Waals surface area contributed by atoms with Gasteiger partial charge in [-0.05, 0) is 273 Å². The zero-order chi connectivity index (χ0) is 86.3. The zero-order valence-electron chi connectivity index (χ0n) is 71.0. The van der Waals surface area contributed by atoms with E-state index >= 15 is 0 Å². The highest BCUT2D eigenvalue weighted by Crippen LogP contribution is 2.53. The predicted octanol–water partition coefficient (Wildman–Crippen LogP) is 37.8. The molecule has 0 spiro atoms. The SMILES string of the molecule is c1ccc2cc3c(cc2c1)oc1ccc(-c2c4ccccc4c(-c4ccc5oc6ccccc6c5c4)c4ccccc24)cc13.c1ccc2cc3c(cc2c1)oc1ccc(-c2c4ccccc4c(-c4ccc5sc6ccccc6c5c4)c4ccccc24)cc13.c1ccc2cc3c(cc2c1)oc1ccc(-c2c4ccccc4c(-c4cccc5c4sc4ccccc45)c4ccccc24)cc13. The minimum Gasteiger partial charge on any atom is -0.456 e. The molecule has 6 heterocycles. The number of rotatable bonds is 6. The highest BCUT2D eigenvalue weighted by Gasteiger charge is 2.26. The first-order valence-electron chi connectivity index (χ1n) is 45.0. The van der Waals surface area contributed by atoms with Gasteiger partial charge in [0.05, 0.1) is 0 Å². The molecular weight excluding hydrogens is 1640 g/mol. The van der Waals surface area contributed by atoms with Crippen LogP contribution in [0.2, 0.25) is 0 Å². The van der Waals surface area contributed by atoms with Crippen molar-refractivity contribution >= 4 is 248 Å². The molecule has 0 aliphatic carbocycles. The van der Waals surface area contributed by atoms with Gasteiger partial charge in [-0.1, -0.05) is 322 Å². The van der Waals surface area contributed by atoms with E-state index in [1.165, 1.54) is 204 Å². The van der Waals surface area contributed by atoms with E-state index in [0.29, 0.717) is 0 Å². The normalized spacial score (nSPS) is 12.1. The van der Waals surface area contributed by atoms with Crippen LogP contribution in [-0.2, 0) is 0 Å². The Labute approximate surface area is 763 Å². The second-order valence-electron chi connectivity index (χ2n) is 34.9. The van der Waals surface area contributed by atoms with E-state index in [4.69, 9.17) is 17.7 Å². The maximum atomic E-state index is 6.37. The summed E-state index contributed by atoms with van der Waals surface area (Å²) < 4.78 is 30.6. The quantitative estimate of drug-likeness (QED) is 0.156. The van der Waals surface area contributed by atoms with E-state index in [0.717, 1.165) is 87.8 Å². The van der Waals surface area contributed by atoms with E-state index in [1.54, 1.807) is 0 Å².